The van der Waals surface area contributed by atoms with E-state index in [0.717, 1.165) is 7.14 Å². The fourth-order valence-electron chi connectivity index (χ4n) is 1.58. The number of alkyl halides is 4. The van der Waals surface area contributed by atoms with Crippen molar-refractivity contribution in [1.82, 2.24) is 0 Å². The molecule has 0 heterocycles. The Bertz CT molecular complexity index is 877. The second kappa shape index (κ2) is 9.86. The van der Waals surface area contributed by atoms with Gasteiger partial charge in [-0.2, -0.15) is 26.0 Å². The minimum Gasteiger partial charge on any atom is -0.463 e. The fraction of sp³-hybridized carbons (Fsp3) is 0.385. The van der Waals surface area contributed by atoms with Gasteiger partial charge in [-0.1, -0.05) is 0 Å². The lowest BCUT2D eigenvalue weighted by atomic mass is 10.2. The van der Waals surface area contributed by atoms with E-state index in [1.807, 2.05) is 67.8 Å². The molecule has 0 atom stereocenters. The summed E-state index contributed by atoms with van der Waals surface area (Å²) >= 11 is 5.83. The Morgan fingerprint density at radius 1 is 1.07 bits per heavy atom. The van der Waals surface area contributed by atoms with Crippen molar-refractivity contribution in [3.8, 4) is 0 Å². The summed E-state index contributed by atoms with van der Waals surface area (Å²) in [4.78, 5) is 23.4. The standard InChI is InChI=1S/C13H9F4I3O7S/c14-12(15,13(16,17)28(23,24)25)1-2-26-9(21)5-27-11(22)7-3-6(18)4-8(19)10(7)20/h3-4H,1-2,5H2,(H,23,24,25). The molecule has 28 heavy (non-hydrogen) atoms. The van der Waals surface area contributed by atoms with Crippen molar-refractivity contribution in [1.29, 1.82) is 0 Å². The van der Waals surface area contributed by atoms with Gasteiger partial charge in [0.1, 0.15) is 0 Å². The van der Waals surface area contributed by atoms with Crippen LogP contribution in [0.4, 0.5) is 17.6 Å². The van der Waals surface area contributed by atoms with Crippen LogP contribution in [0.25, 0.3) is 0 Å². The summed E-state index contributed by atoms with van der Waals surface area (Å²) in [5.41, 5.74) is 0.157. The van der Waals surface area contributed by atoms with Crippen molar-refractivity contribution in [2.24, 2.45) is 0 Å². The first-order chi connectivity index (χ1) is 12.6. The van der Waals surface area contributed by atoms with Crippen LogP contribution in [0.3, 0.4) is 0 Å². The Hall–Kier alpha value is -0.0200. The molecule has 0 bridgehead atoms. The molecule has 7 nitrogen and oxygen atoms in total. The molecule has 1 N–H and O–H groups in total. The molecule has 1 aromatic carbocycles. The van der Waals surface area contributed by atoms with Gasteiger partial charge in [0, 0.05) is 10.7 Å². The van der Waals surface area contributed by atoms with E-state index in [9.17, 15) is 35.6 Å². The zero-order valence-electron chi connectivity index (χ0n) is 13.2. The van der Waals surface area contributed by atoms with E-state index in [2.05, 4.69) is 9.47 Å². The second-order valence-corrected chi connectivity index (χ2v) is 9.94. The van der Waals surface area contributed by atoms with Crippen molar-refractivity contribution in [3.63, 3.8) is 0 Å². The Morgan fingerprint density at radius 2 is 1.64 bits per heavy atom. The van der Waals surface area contributed by atoms with Crippen LogP contribution in [0.2, 0.25) is 0 Å². The first-order valence-electron chi connectivity index (χ1n) is 6.80. The minimum atomic E-state index is -6.37. The van der Waals surface area contributed by atoms with Crippen molar-refractivity contribution >= 4 is 89.8 Å². The van der Waals surface area contributed by atoms with Gasteiger partial charge in [-0.3, -0.25) is 4.55 Å². The molecule has 0 amide bonds. The highest BCUT2D eigenvalue weighted by Crippen LogP contribution is 2.40. The molecule has 0 aliphatic carbocycles. The molecule has 0 spiro atoms. The fourth-order valence-corrected chi connectivity index (χ4v) is 4.43. The van der Waals surface area contributed by atoms with Crippen LogP contribution in [0.15, 0.2) is 12.1 Å². The molecule has 0 radical (unpaired) electrons. The third-order valence-corrected chi connectivity index (χ3v) is 7.58. The Kier molecular flexibility index (Phi) is 9.16. The average Bonchev–Trinajstić information content (AvgIpc) is 2.54. The number of rotatable bonds is 8. The topological polar surface area (TPSA) is 107 Å². The summed E-state index contributed by atoms with van der Waals surface area (Å²) in [7, 11) is -6.37. The number of benzene rings is 1. The van der Waals surface area contributed by atoms with Crippen molar-refractivity contribution < 1.29 is 49.6 Å². The van der Waals surface area contributed by atoms with E-state index in [1.54, 1.807) is 6.07 Å². The Balaban J connectivity index is 2.60. The van der Waals surface area contributed by atoms with E-state index in [1.165, 1.54) is 6.07 Å². The lowest BCUT2D eigenvalue weighted by Gasteiger charge is -2.23. The summed E-state index contributed by atoms with van der Waals surface area (Å²) in [6.07, 6.45) is -1.88. The number of carbonyl (C=O) groups is 2. The lowest BCUT2D eigenvalue weighted by Crippen LogP contribution is -2.47. The first kappa shape index (κ1) is 26.0. The molecule has 158 valence electrons. The molecular formula is C13H9F4I3O7S. The second-order valence-electron chi connectivity index (χ2n) is 4.99. The summed E-state index contributed by atoms with van der Waals surface area (Å²) in [6, 6.07) is 3.28. The number of halogens is 7. The summed E-state index contributed by atoms with van der Waals surface area (Å²) in [5, 5.41) is -5.75. The van der Waals surface area contributed by atoms with Crippen LogP contribution in [-0.2, 0) is 24.4 Å². The summed E-state index contributed by atoms with van der Waals surface area (Å²) in [5.74, 6) is -7.39. The van der Waals surface area contributed by atoms with E-state index in [0.29, 0.717) is 3.57 Å². The van der Waals surface area contributed by atoms with Gasteiger partial charge in [0.15, 0.2) is 6.61 Å². The largest absolute Gasteiger partial charge is 0.463 e. The van der Waals surface area contributed by atoms with Crippen LogP contribution in [0.1, 0.15) is 16.8 Å². The zero-order valence-corrected chi connectivity index (χ0v) is 20.5. The van der Waals surface area contributed by atoms with Gasteiger partial charge < -0.3 is 9.47 Å². The number of ether oxygens (including phenoxy) is 2. The van der Waals surface area contributed by atoms with E-state index in [-0.39, 0.29) is 5.56 Å². The molecular weight excluding hydrogens is 757 g/mol. The highest BCUT2D eigenvalue weighted by Gasteiger charge is 2.65. The Morgan fingerprint density at radius 3 is 2.18 bits per heavy atom. The molecule has 0 saturated heterocycles. The number of carbonyl (C=O) groups excluding carboxylic acids is 2. The van der Waals surface area contributed by atoms with Gasteiger partial charge in [-0.15, -0.1) is 0 Å². The van der Waals surface area contributed by atoms with Crippen molar-refractivity contribution in [2.75, 3.05) is 13.2 Å². The third-order valence-electron chi connectivity index (χ3n) is 2.96. The minimum absolute atomic E-state index is 0.157. The zero-order chi connectivity index (χ0) is 21.9. The number of hydrogen-bond acceptors (Lipinski definition) is 6. The van der Waals surface area contributed by atoms with Crippen LogP contribution in [0.5, 0.6) is 0 Å². The molecule has 0 unspecified atom stereocenters. The smallest absolute Gasteiger partial charge is 0.431 e. The normalized spacial score (nSPS) is 12.6. The van der Waals surface area contributed by atoms with Gasteiger partial charge in [0.05, 0.1) is 18.6 Å². The highest BCUT2D eigenvalue weighted by atomic mass is 127. The predicted molar refractivity (Wildman–Crippen MR) is 112 cm³/mol. The molecule has 1 rings (SSSR count). The monoisotopic (exact) mass is 766 g/mol. The van der Waals surface area contributed by atoms with Crippen LogP contribution in [0, 0.1) is 10.7 Å². The number of hydrogen-bond donors (Lipinski definition) is 1. The van der Waals surface area contributed by atoms with Crippen LogP contribution < -0.4 is 0 Å². The SMILES string of the molecule is O=C(COC(=O)c1cc(I)cc(I)c1I)OCCC(F)(F)C(F)(F)S(=O)(=O)O. The average molecular weight is 766 g/mol. The lowest BCUT2D eigenvalue weighted by molar-refractivity contribution is -0.175. The molecule has 0 aromatic heterocycles. The van der Waals surface area contributed by atoms with E-state index < -0.39 is 52.9 Å². The summed E-state index contributed by atoms with van der Waals surface area (Å²) < 4.78 is 92.3. The Labute approximate surface area is 197 Å². The van der Waals surface area contributed by atoms with Gasteiger partial charge in [-0.25, -0.2) is 9.59 Å². The van der Waals surface area contributed by atoms with Crippen molar-refractivity contribution in [2.45, 2.75) is 17.6 Å². The van der Waals surface area contributed by atoms with E-state index >= 15 is 0 Å². The van der Waals surface area contributed by atoms with Gasteiger partial charge in [0.25, 0.3) is 0 Å². The maximum absolute atomic E-state index is 13.2. The maximum atomic E-state index is 13.2. The van der Waals surface area contributed by atoms with Crippen molar-refractivity contribution in [3.05, 3.63) is 28.4 Å². The molecule has 0 fully saturated rings. The number of esters is 2. The van der Waals surface area contributed by atoms with Crippen LogP contribution >= 0.6 is 67.8 Å². The van der Waals surface area contributed by atoms with Gasteiger partial charge in [0.2, 0.25) is 0 Å². The highest BCUT2D eigenvalue weighted by molar-refractivity contribution is 14.1. The third kappa shape index (κ3) is 6.49. The van der Waals surface area contributed by atoms with E-state index in [4.69, 9.17) is 4.55 Å². The predicted octanol–water partition coefficient (Wildman–Crippen LogP) is 3.71. The summed E-state index contributed by atoms with van der Waals surface area (Å²) in [6.45, 7) is -2.27. The molecule has 0 aliphatic rings. The first-order valence-corrected chi connectivity index (χ1v) is 11.5. The molecule has 0 saturated carbocycles. The van der Waals surface area contributed by atoms with Gasteiger partial charge in [-0.05, 0) is 79.9 Å². The van der Waals surface area contributed by atoms with Gasteiger partial charge >= 0.3 is 33.2 Å². The molecule has 15 heteroatoms. The maximum Gasteiger partial charge on any atom is 0.431 e. The van der Waals surface area contributed by atoms with Crippen LogP contribution in [-0.4, -0.2) is 49.3 Å². The molecule has 0 aliphatic heterocycles. The molecule has 1 aromatic rings. The quantitative estimate of drug-likeness (QED) is 0.142.